The van der Waals surface area contributed by atoms with Crippen LogP contribution in [0.1, 0.15) is 20.0 Å². The van der Waals surface area contributed by atoms with Crippen LogP contribution in [0.2, 0.25) is 0 Å². The van der Waals surface area contributed by atoms with Crippen molar-refractivity contribution in [3.8, 4) is 11.1 Å². The van der Waals surface area contributed by atoms with Crippen molar-refractivity contribution in [2.24, 2.45) is 0 Å². The Kier molecular flexibility index (Phi) is 5.76. The highest BCUT2D eigenvalue weighted by Crippen LogP contribution is 2.23. The summed E-state index contributed by atoms with van der Waals surface area (Å²) in [6.07, 6.45) is 0. The lowest BCUT2D eigenvalue weighted by atomic mass is 10.0. The summed E-state index contributed by atoms with van der Waals surface area (Å²) in [4.78, 5) is 38.1. The first-order valence-electron chi connectivity index (χ1n) is 10.5. The van der Waals surface area contributed by atoms with Gasteiger partial charge in [-0.05, 0) is 65.5 Å². The number of hydrogen-bond acceptors (Lipinski definition) is 5. The van der Waals surface area contributed by atoms with Crippen molar-refractivity contribution >= 4 is 45.5 Å². The highest BCUT2D eigenvalue weighted by molar-refractivity contribution is 7.12. The van der Waals surface area contributed by atoms with Crippen molar-refractivity contribution < 1.29 is 14.0 Å². The molecule has 0 spiro atoms. The van der Waals surface area contributed by atoms with E-state index < -0.39 is 5.63 Å². The van der Waals surface area contributed by atoms with Gasteiger partial charge in [0.15, 0.2) is 0 Å². The number of para-hydroxylation sites is 1. The minimum absolute atomic E-state index is 0.179. The fraction of sp³-hybridized carbons (Fsp3) is 0. The van der Waals surface area contributed by atoms with E-state index in [-0.39, 0.29) is 11.8 Å². The molecular formula is C27H18N2O4S. The largest absolute Gasteiger partial charge is 0.422 e. The maximum absolute atomic E-state index is 12.8. The van der Waals surface area contributed by atoms with Crippen LogP contribution in [0, 0.1) is 0 Å². The van der Waals surface area contributed by atoms with Crippen molar-refractivity contribution in [2.75, 3.05) is 10.6 Å². The third-order valence-corrected chi connectivity index (χ3v) is 6.09. The lowest BCUT2D eigenvalue weighted by Crippen LogP contribution is -2.13. The quantitative estimate of drug-likeness (QED) is 0.310. The predicted octanol–water partition coefficient (Wildman–Crippen LogP) is 6.03. The van der Waals surface area contributed by atoms with Crippen LogP contribution in [0.4, 0.5) is 11.4 Å². The summed E-state index contributed by atoms with van der Waals surface area (Å²) >= 11 is 1.37. The average molecular weight is 467 g/mol. The molecule has 6 nitrogen and oxygen atoms in total. The number of thiophene rings is 1. The first kappa shape index (κ1) is 21.4. The number of carbonyl (C=O) groups is 2. The third kappa shape index (κ3) is 4.51. The minimum atomic E-state index is -0.462. The van der Waals surface area contributed by atoms with Gasteiger partial charge in [-0.3, -0.25) is 9.59 Å². The molecule has 34 heavy (non-hydrogen) atoms. The first-order valence-corrected chi connectivity index (χ1v) is 11.3. The second-order valence-corrected chi connectivity index (χ2v) is 8.48. The van der Waals surface area contributed by atoms with Crippen LogP contribution < -0.4 is 16.3 Å². The Morgan fingerprint density at radius 2 is 1.47 bits per heavy atom. The minimum Gasteiger partial charge on any atom is -0.422 e. The molecule has 166 valence electrons. The van der Waals surface area contributed by atoms with Crippen LogP contribution in [0.5, 0.6) is 0 Å². The van der Waals surface area contributed by atoms with Crippen molar-refractivity contribution in [3.63, 3.8) is 0 Å². The molecule has 5 aromatic rings. The molecule has 0 saturated carbocycles. The van der Waals surface area contributed by atoms with Crippen LogP contribution in [0.3, 0.4) is 0 Å². The molecule has 0 bridgehead atoms. The van der Waals surface area contributed by atoms with Gasteiger partial charge in [0, 0.05) is 22.3 Å². The maximum atomic E-state index is 12.8. The summed E-state index contributed by atoms with van der Waals surface area (Å²) in [5, 5.41) is 8.30. The molecule has 2 N–H and O–H groups in total. The molecule has 0 atom stereocenters. The third-order valence-electron chi connectivity index (χ3n) is 5.22. The molecule has 0 aliphatic carbocycles. The molecule has 5 rings (SSSR count). The molecule has 0 aliphatic heterocycles. The fourth-order valence-corrected chi connectivity index (χ4v) is 4.15. The predicted molar refractivity (Wildman–Crippen MR) is 135 cm³/mol. The monoisotopic (exact) mass is 466 g/mol. The van der Waals surface area contributed by atoms with E-state index in [4.69, 9.17) is 4.42 Å². The van der Waals surface area contributed by atoms with E-state index in [2.05, 4.69) is 10.6 Å². The number of benzene rings is 3. The number of rotatable bonds is 5. The van der Waals surface area contributed by atoms with E-state index in [0.717, 1.165) is 5.39 Å². The molecule has 2 aromatic heterocycles. The van der Waals surface area contributed by atoms with Crippen molar-refractivity contribution in [3.05, 3.63) is 117 Å². The average Bonchev–Trinajstić information content (AvgIpc) is 3.40. The molecule has 0 fully saturated rings. The molecule has 7 heteroatoms. The molecule has 3 aromatic carbocycles. The standard InChI is InChI=1S/C27H18N2O4S/c30-25(28-20-10-12-21(13-11-20)29-26(31)24-9-4-14-34-24)19-7-3-6-17(15-19)22-16-18-5-1-2-8-23(18)33-27(22)32/h1-16H,(H,28,30)(H,29,31). The summed E-state index contributed by atoms with van der Waals surface area (Å²) < 4.78 is 5.42. The second-order valence-electron chi connectivity index (χ2n) is 7.53. The molecular weight excluding hydrogens is 448 g/mol. The SMILES string of the molecule is O=C(Nc1ccc(NC(=O)c2cccs2)cc1)c1cccc(-c2cc3ccccc3oc2=O)c1. The normalized spacial score (nSPS) is 10.7. The van der Waals surface area contributed by atoms with Crippen LogP contribution in [-0.2, 0) is 0 Å². The number of nitrogens with one attached hydrogen (secondary N) is 2. The van der Waals surface area contributed by atoms with E-state index >= 15 is 0 Å². The number of anilines is 2. The zero-order valence-corrected chi connectivity index (χ0v) is 18.6. The number of carbonyl (C=O) groups excluding carboxylic acids is 2. The summed E-state index contributed by atoms with van der Waals surface area (Å²) in [6.45, 7) is 0. The summed E-state index contributed by atoms with van der Waals surface area (Å²) in [7, 11) is 0. The van der Waals surface area contributed by atoms with Crippen molar-refractivity contribution in [1.29, 1.82) is 0 Å². The van der Waals surface area contributed by atoms with Crippen LogP contribution >= 0.6 is 11.3 Å². The van der Waals surface area contributed by atoms with Crippen molar-refractivity contribution in [1.82, 2.24) is 0 Å². The molecule has 0 saturated heterocycles. The van der Waals surface area contributed by atoms with Gasteiger partial charge in [-0.15, -0.1) is 11.3 Å². The van der Waals surface area contributed by atoms with Crippen LogP contribution in [0.15, 0.2) is 106 Å². The smallest absolute Gasteiger partial charge is 0.344 e. The number of hydrogen-bond donors (Lipinski definition) is 2. The second kappa shape index (κ2) is 9.17. The van der Waals surface area contributed by atoms with Gasteiger partial charge in [-0.1, -0.05) is 36.4 Å². The summed E-state index contributed by atoms with van der Waals surface area (Å²) in [5.74, 6) is -0.496. The van der Waals surface area contributed by atoms with Crippen molar-refractivity contribution in [2.45, 2.75) is 0 Å². The van der Waals surface area contributed by atoms with E-state index in [1.807, 2.05) is 23.6 Å². The Hall–Kier alpha value is -4.49. The Labute approximate surface area is 198 Å². The van der Waals surface area contributed by atoms with E-state index in [1.54, 1.807) is 72.8 Å². The Morgan fingerprint density at radius 3 is 2.21 bits per heavy atom. The van der Waals surface area contributed by atoms with E-state index in [9.17, 15) is 14.4 Å². The first-order chi connectivity index (χ1) is 16.6. The fourth-order valence-electron chi connectivity index (χ4n) is 3.53. The zero-order valence-electron chi connectivity index (χ0n) is 17.8. The van der Waals surface area contributed by atoms with Gasteiger partial charge in [0.2, 0.25) is 0 Å². The highest BCUT2D eigenvalue weighted by atomic mass is 32.1. The lowest BCUT2D eigenvalue weighted by Gasteiger charge is -2.09. The van der Waals surface area contributed by atoms with Crippen LogP contribution in [-0.4, -0.2) is 11.8 Å². The van der Waals surface area contributed by atoms with E-state index in [0.29, 0.717) is 38.5 Å². The van der Waals surface area contributed by atoms with Gasteiger partial charge in [0.05, 0.1) is 10.4 Å². The Bertz CT molecular complexity index is 1550. The van der Waals surface area contributed by atoms with Gasteiger partial charge < -0.3 is 15.1 Å². The molecule has 0 unspecified atom stereocenters. The van der Waals surface area contributed by atoms with E-state index in [1.165, 1.54) is 11.3 Å². The maximum Gasteiger partial charge on any atom is 0.344 e. The number of amides is 2. The highest BCUT2D eigenvalue weighted by Gasteiger charge is 2.12. The Morgan fingerprint density at radius 1 is 0.735 bits per heavy atom. The number of fused-ring (bicyclic) bond motifs is 1. The molecule has 0 aliphatic rings. The van der Waals surface area contributed by atoms with Gasteiger partial charge in [0.25, 0.3) is 11.8 Å². The lowest BCUT2D eigenvalue weighted by molar-refractivity contribution is 0.102. The van der Waals surface area contributed by atoms with Gasteiger partial charge in [0.1, 0.15) is 5.58 Å². The van der Waals surface area contributed by atoms with Gasteiger partial charge in [-0.2, -0.15) is 0 Å². The topological polar surface area (TPSA) is 88.4 Å². The van der Waals surface area contributed by atoms with Gasteiger partial charge in [-0.25, -0.2) is 4.79 Å². The molecule has 0 radical (unpaired) electrons. The zero-order chi connectivity index (χ0) is 23.5. The summed E-state index contributed by atoms with van der Waals surface area (Å²) in [6, 6.07) is 26.3. The molecule has 2 heterocycles. The van der Waals surface area contributed by atoms with Gasteiger partial charge >= 0.3 is 5.63 Å². The molecule has 2 amide bonds. The summed E-state index contributed by atoms with van der Waals surface area (Å²) in [5.41, 5.74) is 2.64. The Balaban J connectivity index is 1.32. The van der Waals surface area contributed by atoms with Crippen LogP contribution in [0.25, 0.3) is 22.1 Å².